The number of hydrogen-bond acceptors (Lipinski definition) is 3. The highest BCUT2D eigenvalue weighted by atomic mass is 16.5. The van der Waals surface area contributed by atoms with Crippen LogP contribution in [0.5, 0.6) is 5.75 Å². The van der Waals surface area contributed by atoms with Gasteiger partial charge in [-0.3, -0.25) is 4.79 Å². The number of fused-ring (bicyclic) bond motifs is 1. The van der Waals surface area contributed by atoms with E-state index >= 15 is 0 Å². The highest BCUT2D eigenvalue weighted by molar-refractivity contribution is 5.88. The quantitative estimate of drug-likeness (QED) is 0.873. The van der Waals surface area contributed by atoms with Crippen molar-refractivity contribution in [2.75, 3.05) is 13.7 Å². The number of hydrogen-bond donors (Lipinski definition) is 2. The van der Waals surface area contributed by atoms with E-state index in [1.807, 2.05) is 37.3 Å². The molecule has 1 aliphatic rings. The average molecular weight is 341 g/mol. The van der Waals surface area contributed by atoms with Gasteiger partial charge in [0.25, 0.3) is 0 Å². The maximum atomic E-state index is 12.7. The van der Waals surface area contributed by atoms with Crippen molar-refractivity contribution in [3.63, 3.8) is 0 Å². The number of carbonyl (C=O) groups is 1. The van der Waals surface area contributed by atoms with Crippen LogP contribution in [-0.2, 0) is 4.79 Å². The summed E-state index contributed by atoms with van der Waals surface area (Å²) in [5, 5.41) is 15.0. The Morgan fingerprint density at radius 3 is 2.76 bits per heavy atom. The van der Waals surface area contributed by atoms with Crippen molar-refractivity contribution in [2.24, 2.45) is 5.41 Å². The average Bonchev–Trinajstić information content (AvgIpc) is 3.01. The molecule has 4 nitrogen and oxygen atoms in total. The molecule has 1 aliphatic carbocycles. The van der Waals surface area contributed by atoms with Gasteiger partial charge in [-0.2, -0.15) is 0 Å². The van der Waals surface area contributed by atoms with Crippen molar-refractivity contribution >= 4 is 16.7 Å². The summed E-state index contributed by atoms with van der Waals surface area (Å²) >= 11 is 0. The molecular weight excluding hydrogens is 314 g/mol. The van der Waals surface area contributed by atoms with Gasteiger partial charge in [-0.25, -0.2) is 0 Å². The predicted molar refractivity (Wildman–Crippen MR) is 99.9 cm³/mol. The van der Waals surface area contributed by atoms with E-state index in [0.29, 0.717) is 0 Å². The van der Waals surface area contributed by atoms with Crippen molar-refractivity contribution in [3.05, 3.63) is 42.0 Å². The lowest BCUT2D eigenvalue weighted by atomic mass is 9.85. The monoisotopic (exact) mass is 341 g/mol. The van der Waals surface area contributed by atoms with E-state index in [1.54, 1.807) is 7.11 Å². The minimum atomic E-state index is -0.227. The van der Waals surface area contributed by atoms with Crippen LogP contribution in [0.3, 0.4) is 0 Å². The third kappa shape index (κ3) is 3.49. The Balaban J connectivity index is 1.76. The lowest BCUT2D eigenvalue weighted by Gasteiger charge is -2.31. The van der Waals surface area contributed by atoms with Gasteiger partial charge < -0.3 is 15.2 Å². The van der Waals surface area contributed by atoms with E-state index in [0.717, 1.165) is 41.3 Å². The first-order valence-corrected chi connectivity index (χ1v) is 8.96. The first kappa shape index (κ1) is 17.7. The van der Waals surface area contributed by atoms with Crippen molar-refractivity contribution in [3.8, 4) is 5.75 Å². The molecule has 3 rings (SSSR count). The summed E-state index contributed by atoms with van der Waals surface area (Å²) in [5.74, 6) is 0.630. The van der Waals surface area contributed by atoms with Crippen LogP contribution in [0.4, 0.5) is 0 Å². The van der Waals surface area contributed by atoms with Gasteiger partial charge in [0.15, 0.2) is 0 Å². The van der Waals surface area contributed by atoms with Crippen molar-refractivity contribution in [2.45, 2.75) is 45.1 Å². The lowest BCUT2D eigenvalue weighted by molar-refractivity contribution is -0.123. The first-order valence-electron chi connectivity index (χ1n) is 8.96. The largest absolute Gasteiger partial charge is 0.497 e. The number of aliphatic hydroxyl groups is 1. The van der Waals surface area contributed by atoms with Gasteiger partial charge in [0, 0.05) is 11.5 Å². The molecule has 2 aromatic rings. The zero-order chi connectivity index (χ0) is 18.0. The number of ether oxygens (including phenoxy) is 1. The van der Waals surface area contributed by atoms with Gasteiger partial charge in [0.05, 0.1) is 19.6 Å². The lowest BCUT2D eigenvalue weighted by Crippen LogP contribution is -2.46. The standard InChI is InChI=1S/C21H27NO3/c1-14(20(24)22-19-5-4-10-21(19,2)13-23)15-6-7-17-12-18(25-3)9-8-16(17)11-15/h6-9,11-12,14,19,23H,4-5,10,13H2,1-3H3,(H,22,24)/t14-,19?,21?/m0/s1. The van der Waals surface area contributed by atoms with E-state index in [9.17, 15) is 9.90 Å². The summed E-state index contributed by atoms with van der Waals surface area (Å²) in [5.41, 5.74) is 0.800. The molecular formula is C21H27NO3. The second-order valence-corrected chi connectivity index (χ2v) is 7.46. The molecule has 0 heterocycles. The summed E-state index contributed by atoms with van der Waals surface area (Å²) in [4.78, 5) is 12.7. The molecule has 0 aromatic heterocycles. The number of carbonyl (C=O) groups excluding carboxylic acids is 1. The SMILES string of the molecule is COc1ccc2cc([C@H](C)C(=O)NC3CCCC3(C)CO)ccc2c1. The maximum absolute atomic E-state index is 12.7. The molecule has 1 amide bonds. The summed E-state index contributed by atoms with van der Waals surface area (Å²) in [6.07, 6.45) is 2.95. The highest BCUT2D eigenvalue weighted by Crippen LogP contribution is 2.37. The Kier molecular flexibility index (Phi) is 5.00. The Morgan fingerprint density at radius 1 is 1.32 bits per heavy atom. The normalized spacial score (nSPS) is 24.2. The Labute approximate surface area is 149 Å². The van der Waals surface area contributed by atoms with Crippen molar-refractivity contribution in [1.82, 2.24) is 5.32 Å². The van der Waals surface area contributed by atoms with Gasteiger partial charge >= 0.3 is 0 Å². The molecule has 0 spiro atoms. The number of amides is 1. The van der Waals surface area contributed by atoms with Crippen LogP contribution in [0, 0.1) is 5.41 Å². The molecule has 0 saturated heterocycles. The highest BCUT2D eigenvalue weighted by Gasteiger charge is 2.39. The summed E-state index contributed by atoms with van der Waals surface area (Å²) in [6, 6.07) is 12.1. The molecule has 4 heteroatoms. The van der Waals surface area contributed by atoms with Crippen molar-refractivity contribution in [1.29, 1.82) is 0 Å². The Morgan fingerprint density at radius 2 is 2.04 bits per heavy atom. The Hall–Kier alpha value is -2.07. The van der Waals surface area contributed by atoms with Gasteiger partial charge in [0.1, 0.15) is 5.75 Å². The summed E-state index contributed by atoms with van der Waals surface area (Å²) in [6.45, 7) is 4.11. The molecule has 1 saturated carbocycles. The molecule has 2 unspecified atom stereocenters. The fraction of sp³-hybridized carbons (Fsp3) is 0.476. The number of nitrogens with one attached hydrogen (secondary N) is 1. The van der Waals surface area contributed by atoms with E-state index < -0.39 is 0 Å². The summed E-state index contributed by atoms with van der Waals surface area (Å²) < 4.78 is 5.26. The fourth-order valence-electron chi connectivity index (χ4n) is 3.76. The van der Waals surface area contributed by atoms with Crippen LogP contribution in [0.25, 0.3) is 10.8 Å². The van der Waals surface area contributed by atoms with E-state index in [2.05, 4.69) is 18.3 Å². The molecule has 2 aromatic carbocycles. The molecule has 3 atom stereocenters. The molecule has 0 radical (unpaired) electrons. The first-order chi connectivity index (χ1) is 12.0. The third-order valence-corrected chi connectivity index (χ3v) is 5.72. The molecule has 0 bridgehead atoms. The van der Waals surface area contributed by atoms with Crippen LogP contribution in [0.1, 0.15) is 44.6 Å². The van der Waals surface area contributed by atoms with E-state index in [4.69, 9.17) is 4.74 Å². The number of aliphatic hydroxyl groups excluding tert-OH is 1. The smallest absolute Gasteiger partial charge is 0.227 e. The molecule has 2 N–H and O–H groups in total. The molecule has 25 heavy (non-hydrogen) atoms. The maximum Gasteiger partial charge on any atom is 0.227 e. The predicted octanol–water partition coefficient (Wildman–Crippen LogP) is 3.62. The number of rotatable bonds is 5. The minimum absolute atomic E-state index is 0.0273. The van der Waals surface area contributed by atoms with Crippen LogP contribution in [0.2, 0.25) is 0 Å². The number of benzene rings is 2. The molecule has 134 valence electrons. The van der Waals surface area contributed by atoms with E-state index in [-0.39, 0.29) is 29.9 Å². The van der Waals surface area contributed by atoms with Gasteiger partial charge in [-0.1, -0.05) is 37.6 Å². The molecule has 1 fully saturated rings. The van der Waals surface area contributed by atoms with Gasteiger partial charge in [-0.15, -0.1) is 0 Å². The van der Waals surface area contributed by atoms with E-state index in [1.165, 1.54) is 0 Å². The van der Waals surface area contributed by atoms with Crippen LogP contribution >= 0.6 is 0 Å². The van der Waals surface area contributed by atoms with Gasteiger partial charge in [0.2, 0.25) is 5.91 Å². The zero-order valence-corrected chi connectivity index (χ0v) is 15.2. The Bertz CT molecular complexity index is 773. The van der Waals surface area contributed by atoms with Crippen LogP contribution in [-0.4, -0.2) is 30.8 Å². The fourth-order valence-corrected chi connectivity index (χ4v) is 3.76. The van der Waals surface area contributed by atoms with Gasteiger partial charge in [-0.05, 0) is 48.2 Å². The minimum Gasteiger partial charge on any atom is -0.497 e. The van der Waals surface area contributed by atoms with Crippen LogP contribution in [0.15, 0.2) is 36.4 Å². The molecule has 0 aliphatic heterocycles. The third-order valence-electron chi connectivity index (χ3n) is 5.72. The zero-order valence-electron chi connectivity index (χ0n) is 15.2. The topological polar surface area (TPSA) is 58.6 Å². The second-order valence-electron chi connectivity index (χ2n) is 7.46. The van der Waals surface area contributed by atoms with Crippen LogP contribution < -0.4 is 10.1 Å². The summed E-state index contributed by atoms with van der Waals surface area (Å²) in [7, 11) is 1.66. The van der Waals surface area contributed by atoms with Crippen molar-refractivity contribution < 1.29 is 14.6 Å². The number of methoxy groups -OCH3 is 1. The second kappa shape index (κ2) is 7.04.